The molecule has 0 saturated heterocycles. The molecule has 0 aromatic heterocycles. The van der Waals surface area contributed by atoms with Crippen molar-refractivity contribution in [3.05, 3.63) is 0 Å². The van der Waals surface area contributed by atoms with Crippen molar-refractivity contribution >= 4 is 0 Å². The third-order valence-electron chi connectivity index (χ3n) is 3.11. The van der Waals surface area contributed by atoms with Crippen LogP contribution in [0.4, 0.5) is 0 Å². The average Bonchev–Trinajstić information content (AvgIpc) is 2.27. The molecule has 1 rings (SSSR count). The van der Waals surface area contributed by atoms with Gasteiger partial charge in [-0.2, -0.15) is 5.26 Å². The van der Waals surface area contributed by atoms with Crippen LogP contribution in [0.3, 0.4) is 0 Å². The van der Waals surface area contributed by atoms with E-state index in [1.54, 1.807) is 7.11 Å². The third-order valence-corrected chi connectivity index (χ3v) is 3.11. The van der Waals surface area contributed by atoms with Gasteiger partial charge in [-0.1, -0.05) is 19.8 Å². The van der Waals surface area contributed by atoms with Crippen molar-refractivity contribution in [1.82, 2.24) is 5.32 Å². The monoisotopic (exact) mass is 210 g/mol. The van der Waals surface area contributed by atoms with E-state index in [1.807, 2.05) is 0 Å². The van der Waals surface area contributed by atoms with Gasteiger partial charge in [-0.25, -0.2) is 0 Å². The maximum atomic E-state index is 9.02. The number of hydrogen-bond donors (Lipinski definition) is 1. The van der Waals surface area contributed by atoms with Gasteiger partial charge in [0.1, 0.15) is 0 Å². The average molecular weight is 210 g/mol. The number of nitriles is 1. The number of nitrogens with one attached hydrogen (secondary N) is 1. The van der Waals surface area contributed by atoms with E-state index in [2.05, 4.69) is 18.3 Å². The van der Waals surface area contributed by atoms with E-state index >= 15 is 0 Å². The Morgan fingerprint density at radius 1 is 1.47 bits per heavy atom. The summed E-state index contributed by atoms with van der Waals surface area (Å²) in [6.45, 7) is 3.91. The van der Waals surface area contributed by atoms with Crippen molar-refractivity contribution in [2.45, 2.75) is 38.6 Å². The lowest BCUT2D eigenvalue weighted by molar-refractivity contribution is 0.153. The van der Waals surface area contributed by atoms with Crippen molar-refractivity contribution in [2.75, 3.05) is 20.3 Å². The molecule has 15 heavy (non-hydrogen) atoms. The molecule has 0 aromatic carbocycles. The van der Waals surface area contributed by atoms with Crippen LogP contribution in [0.2, 0.25) is 0 Å². The number of rotatable bonds is 5. The highest BCUT2D eigenvalue weighted by Crippen LogP contribution is 2.23. The van der Waals surface area contributed by atoms with E-state index in [9.17, 15) is 0 Å². The van der Waals surface area contributed by atoms with Gasteiger partial charge in [-0.15, -0.1) is 0 Å². The summed E-state index contributed by atoms with van der Waals surface area (Å²) in [6.07, 6.45) is 4.68. The maximum Gasteiger partial charge on any atom is 0.0672 e. The van der Waals surface area contributed by atoms with Gasteiger partial charge in [0.25, 0.3) is 0 Å². The van der Waals surface area contributed by atoms with E-state index in [1.165, 1.54) is 12.8 Å². The van der Waals surface area contributed by atoms with Gasteiger partial charge < -0.3 is 10.1 Å². The first kappa shape index (κ1) is 12.5. The van der Waals surface area contributed by atoms with Crippen LogP contribution in [0.25, 0.3) is 0 Å². The largest absolute Gasteiger partial charge is 0.384 e. The van der Waals surface area contributed by atoms with Crippen LogP contribution in [0.15, 0.2) is 0 Å². The SMILES string of the molecule is COCC(C)CNC1CCCCC1C#N. The molecule has 0 heterocycles. The lowest BCUT2D eigenvalue weighted by atomic mass is 9.85. The van der Waals surface area contributed by atoms with Gasteiger partial charge in [-0.05, 0) is 18.8 Å². The third kappa shape index (κ3) is 4.19. The van der Waals surface area contributed by atoms with Gasteiger partial charge >= 0.3 is 0 Å². The van der Waals surface area contributed by atoms with Crippen molar-refractivity contribution in [1.29, 1.82) is 5.26 Å². The van der Waals surface area contributed by atoms with Crippen LogP contribution in [0.1, 0.15) is 32.6 Å². The van der Waals surface area contributed by atoms with Crippen LogP contribution in [0.5, 0.6) is 0 Å². The normalized spacial score (nSPS) is 28.3. The molecule has 1 aliphatic carbocycles. The molecule has 86 valence electrons. The fourth-order valence-corrected chi connectivity index (χ4v) is 2.23. The van der Waals surface area contributed by atoms with E-state index < -0.39 is 0 Å². The summed E-state index contributed by atoms with van der Waals surface area (Å²) in [6, 6.07) is 2.82. The molecule has 0 radical (unpaired) electrons. The van der Waals surface area contributed by atoms with Crippen molar-refractivity contribution in [2.24, 2.45) is 11.8 Å². The van der Waals surface area contributed by atoms with E-state index in [0.717, 1.165) is 26.0 Å². The Kier molecular flexibility index (Phi) is 5.67. The molecule has 0 bridgehead atoms. The topological polar surface area (TPSA) is 45.0 Å². The van der Waals surface area contributed by atoms with Crippen LogP contribution < -0.4 is 5.32 Å². The predicted molar refractivity (Wildman–Crippen MR) is 60.4 cm³/mol. The molecule has 1 N–H and O–H groups in total. The van der Waals surface area contributed by atoms with Crippen LogP contribution in [0, 0.1) is 23.2 Å². The molecule has 1 saturated carbocycles. The fourth-order valence-electron chi connectivity index (χ4n) is 2.23. The molecular formula is C12H22N2O. The predicted octanol–water partition coefficient (Wildman–Crippen LogP) is 1.94. The highest BCUT2D eigenvalue weighted by molar-refractivity contribution is 4.94. The summed E-state index contributed by atoms with van der Waals surface area (Å²) in [5.74, 6) is 0.741. The quantitative estimate of drug-likeness (QED) is 0.754. The van der Waals surface area contributed by atoms with E-state index in [-0.39, 0.29) is 5.92 Å². The highest BCUT2D eigenvalue weighted by Gasteiger charge is 2.24. The highest BCUT2D eigenvalue weighted by atomic mass is 16.5. The molecule has 3 atom stereocenters. The smallest absolute Gasteiger partial charge is 0.0672 e. The van der Waals surface area contributed by atoms with Crippen molar-refractivity contribution in [3.63, 3.8) is 0 Å². The second-order valence-electron chi connectivity index (χ2n) is 4.60. The minimum Gasteiger partial charge on any atom is -0.384 e. The Bertz CT molecular complexity index is 212. The second kappa shape index (κ2) is 6.81. The summed E-state index contributed by atoms with van der Waals surface area (Å²) in [7, 11) is 1.73. The summed E-state index contributed by atoms with van der Waals surface area (Å²) in [4.78, 5) is 0. The summed E-state index contributed by atoms with van der Waals surface area (Å²) >= 11 is 0. The molecule has 3 unspecified atom stereocenters. The molecule has 0 aliphatic heterocycles. The van der Waals surface area contributed by atoms with Crippen molar-refractivity contribution < 1.29 is 4.74 Å². The zero-order valence-corrected chi connectivity index (χ0v) is 9.83. The van der Waals surface area contributed by atoms with Crippen molar-refractivity contribution in [3.8, 4) is 6.07 Å². The second-order valence-corrected chi connectivity index (χ2v) is 4.60. The lowest BCUT2D eigenvalue weighted by Gasteiger charge is -2.28. The first-order valence-corrected chi connectivity index (χ1v) is 5.90. The molecular weight excluding hydrogens is 188 g/mol. The Morgan fingerprint density at radius 3 is 2.87 bits per heavy atom. The summed E-state index contributed by atoms with van der Waals surface area (Å²) in [5, 5.41) is 12.5. The van der Waals surface area contributed by atoms with E-state index in [0.29, 0.717) is 12.0 Å². The molecule has 3 nitrogen and oxygen atoms in total. The van der Waals surface area contributed by atoms with Crippen LogP contribution in [-0.4, -0.2) is 26.3 Å². The Hall–Kier alpha value is -0.590. The Morgan fingerprint density at radius 2 is 2.20 bits per heavy atom. The minimum atomic E-state index is 0.216. The van der Waals surface area contributed by atoms with Gasteiger partial charge in [0.15, 0.2) is 0 Å². The number of hydrogen-bond acceptors (Lipinski definition) is 3. The zero-order valence-electron chi connectivity index (χ0n) is 9.83. The standard InChI is InChI=1S/C12H22N2O/c1-10(9-15-2)8-14-12-6-4-3-5-11(12)7-13/h10-12,14H,3-6,8-9H2,1-2H3. The summed E-state index contributed by atoms with van der Waals surface area (Å²) < 4.78 is 5.09. The zero-order chi connectivity index (χ0) is 11.1. The Balaban J connectivity index is 2.26. The molecule has 1 fully saturated rings. The molecule has 0 spiro atoms. The molecule has 0 aromatic rings. The van der Waals surface area contributed by atoms with E-state index in [4.69, 9.17) is 10.00 Å². The van der Waals surface area contributed by atoms with Gasteiger partial charge in [-0.3, -0.25) is 0 Å². The lowest BCUT2D eigenvalue weighted by Crippen LogP contribution is -2.40. The first-order chi connectivity index (χ1) is 7.27. The molecule has 3 heteroatoms. The number of methoxy groups -OCH3 is 1. The van der Waals surface area contributed by atoms with Crippen LogP contribution in [-0.2, 0) is 4.74 Å². The minimum absolute atomic E-state index is 0.216. The fraction of sp³-hybridized carbons (Fsp3) is 0.917. The molecule has 1 aliphatic rings. The maximum absolute atomic E-state index is 9.02. The van der Waals surface area contributed by atoms with Crippen LogP contribution >= 0.6 is 0 Å². The molecule has 0 amide bonds. The van der Waals surface area contributed by atoms with Gasteiger partial charge in [0, 0.05) is 26.3 Å². The number of ether oxygens (including phenoxy) is 1. The van der Waals surface area contributed by atoms with Gasteiger partial charge in [0.2, 0.25) is 0 Å². The van der Waals surface area contributed by atoms with Gasteiger partial charge in [0.05, 0.1) is 12.0 Å². The summed E-state index contributed by atoms with van der Waals surface area (Å²) in [5.41, 5.74) is 0. The Labute approximate surface area is 92.8 Å². The number of nitrogens with zero attached hydrogens (tertiary/aromatic N) is 1. The first-order valence-electron chi connectivity index (χ1n) is 5.90.